The van der Waals surface area contributed by atoms with E-state index in [1.54, 1.807) is 24.1 Å². The molecule has 3 atom stereocenters. The molecule has 9 nitrogen and oxygen atoms in total. The number of methoxy groups -OCH3 is 1. The summed E-state index contributed by atoms with van der Waals surface area (Å²) in [6.07, 6.45) is 0.433. The summed E-state index contributed by atoms with van der Waals surface area (Å²) in [6, 6.07) is 14.3. The fraction of sp³-hybridized carbons (Fsp3) is 0.500. The van der Waals surface area contributed by atoms with Crippen molar-refractivity contribution < 1.29 is 22.8 Å². The van der Waals surface area contributed by atoms with E-state index in [0.717, 1.165) is 22.2 Å². The minimum atomic E-state index is -1.96. The number of aromatic nitrogens is 4. The third kappa shape index (κ3) is 8.53. The zero-order valence-corrected chi connectivity index (χ0v) is 30.5. The van der Waals surface area contributed by atoms with Gasteiger partial charge in [-0.1, -0.05) is 32.9 Å². The van der Waals surface area contributed by atoms with Crippen LogP contribution in [-0.2, 0) is 27.1 Å². The lowest BCUT2D eigenvalue weighted by molar-refractivity contribution is 0.147. The van der Waals surface area contributed by atoms with Gasteiger partial charge < -0.3 is 18.5 Å². The molecule has 4 aromatic rings. The molecule has 12 heteroatoms. The second-order valence-corrected chi connectivity index (χ2v) is 20.7. The minimum Gasteiger partial charge on any atom is -0.598 e. The molecule has 0 fully saturated rings. The maximum Gasteiger partial charge on any atom is 0.192 e. The Balaban J connectivity index is 1.76. The summed E-state index contributed by atoms with van der Waals surface area (Å²) in [6.45, 7) is 19.2. The van der Waals surface area contributed by atoms with E-state index < -0.39 is 36.6 Å². The Labute approximate surface area is 276 Å². The van der Waals surface area contributed by atoms with Crippen LogP contribution in [-0.4, -0.2) is 63.9 Å². The van der Waals surface area contributed by atoms with Gasteiger partial charge >= 0.3 is 0 Å². The Morgan fingerprint density at radius 1 is 1.02 bits per heavy atom. The molecule has 0 amide bonds. The first kappa shape index (κ1) is 36.0. The average molecular weight is 670 g/mol. The van der Waals surface area contributed by atoms with Gasteiger partial charge in [-0.15, -0.1) is 4.72 Å². The van der Waals surface area contributed by atoms with Gasteiger partial charge in [0.2, 0.25) is 0 Å². The summed E-state index contributed by atoms with van der Waals surface area (Å²) >= 11 is -1.49. The van der Waals surface area contributed by atoms with Gasteiger partial charge in [-0.2, -0.15) is 5.10 Å². The van der Waals surface area contributed by atoms with Gasteiger partial charge in [-0.3, -0.25) is 4.98 Å². The molecule has 250 valence electrons. The van der Waals surface area contributed by atoms with Crippen LogP contribution in [0.4, 0.5) is 4.39 Å². The SMILES string of the molecule is COCCOc1cc(-c2cccc(C(N[S+]([O-])C(C)(C)C)C(C)F)n2)cc2c1cnn2-c1cccc(CO[Si](C)(C)C(C)(C)C)n1. The molecule has 4 rings (SSSR count). The molecule has 0 aliphatic carbocycles. The van der Waals surface area contributed by atoms with E-state index in [0.29, 0.717) is 42.8 Å². The van der Waals surface area contributed by atoms with E-state index >= 15 is 0 Å². The standard InChI is InChI=1S/C34H48FN5O4SSi/c1-23(35)32(39-45(41)33(2,3)4)28-15-12-14-27(38-28)24-19-29-26(30(20-24)43-18-17-42-8)21-36-40(29)31-16-11-13-25(37-31)22-44-46(9,10)34(5,6)7/h11-16,19-21,23,32,39H,17-18,22H2,1-10H3. The van der Waals surface area contributed by atoms with Crippen LogP contribution in [0.25, 0.3) is 28.0 Å². The van der Waals surface area contributed by atoms with Gasteiger partial charge in [0.25, 0.3) is 0 Å². The van der Waals surface area contributed by atoms with Crippen molar-refractivity contribution in [3.63, 3.8) is 0 Å². The highest BCUT2D eigenvalue weighted by Gasteiger charge is 2.37. The van der Waals surface area contributed by atoms with Crippen molar-refractivity contribution in [1.82, 2.24) is 24.5 Å². The van der Waals surface area contributed by atoms with E-state index in [1.807, 2.05) is 63.2 Å². The second-order valence-electron chi connectivity index (χ2n) is 13.9. The number of hydrogen-bond donors (Lipinski definition) is 1. The normalized spacial score (nSPS) is 14.8. The highest BCUT2D eigenvalue weighted by Crippen LogP contribution is 2.37. The van der Waals surface area contributed by atoms with E-state index in [1.165, 1.54) is 6.92 Å². The molecule has 0 aliphatic rings. The molecule has 1 aromatic carbocycles. The maximum absolute atomic E-state index is 14.9. The molecule has 3 heterocycles. The zero-order chi connectivity index (χ0) is 33.9. The maximum atomic E-state index is 14.9. The van der Waals surface area contributed by atoms with Gasteiger partial charge in [0.1, 0.15) is 29.3 Å². The Bertz CT molecular complexity index is 1620. The van der Waals surface area contributed by atoms with Crippen LogP contribution in [0.2, 0.25) is 18.1 Å². The summed E-state index contributed by atoms with van der Waals surface area (Å²) in [7, 11) is -0.339. The monoisotopic (exact) mass is 669 g/mol. The molecular formula is C34H48FN5O4SSi. The largest absolute Gasteiger partial charge is 0.598 e. The van der Waals surface area contributed by atoms with Crippen LogP contribution in [0, 0.1) is 0 Å². The number of ether oxygens (including phenoxy) is 2. The predicted octanol–water partition coefficient (Wildman–Crippen LogP) is 7.48. The number of rotatable bonds is 13. The van der Waals surface area contributed by atoms with Gasteiger partial charge in [0.05, 0.1) is 47.4 Å². The highest BCUT2D eigenvalue weighted by molar-refractivity contribution is 7.90. The van der Waals surface area contributed by atoms with E-state index in [4.69, 9.17) is 29.0 Å². The smallest absolute Gasteiger partial charge is 0.192 e. The van der Waals surface area contributed by atoms with Gasteiger partial charge in [-0.25, -0.2) is 14.1 Å². The van der Waals surface area contributed by atoms with E-state index in [2.05, 4.69) is 38.6 Å². The molecule has 3 unspecified atom stereocenters. The third-order valence-electron chi connectivity index (χ3n) is 8.23. The number of nitrogens with one attached hydrogen (secondary N) is 1. The first-order chi connectivity index (χ1) is 21.5. The first-order valence-electron chi connectivity index (χ1n) is 15.5. The van der Waals surface area contributed by atoms with Crippen molar-refractivity contribution in [3.05, 3.63) is 66.1 Å². The Hall–Kier alpha value is -2.87. The molecule has 0 radical (unpaired) electrons. The lowest BCUT2D eigenvalue weighted by atomic mass is 10.1. The molecule has 3 aromatic heterocycles. The van der Waals surface area contributed by atoms with Gasteiger partial charge in [0.15, 0.2) is 14.1 Å². The number of halogens is 1. The molecule has 1 N–H and O–H groups in total. The number of benzene rings is 1. The average Bonchev–Trinajstić information content (AvgIpc) is 3.42. The van der Waals surface area contributed by atoms with Crippen molar-refractivity contribution in [3.8, 4) is 22.8 Å². The Kier molecular flexibility index (Phi) is 11.3. The molecule has 0 aliphatic heterocycles. The minimum absolute atomic E-state index is 0.0890. The number of hydrogen-bond acceptors (Lipinski definition) is 8. The van der Waals surface area contributed by atoms with E-state index in [-0.39, 0.29) is 5.04 Å². The predicted molar refractivity (Wildman–Crippen MR) is 186 cm³/mol. The van der Waals surface area contributed by atoms with Crippen molar-refractivity contribution in [1.29, 1.82) is 0 Å². The second kappa shape index (κ2) is 14.5. The topological polar surface area (TPSA) is 106 Å². The number of pyridine rings is 2. The van der Waals surface area contributed by atoms with Crippen LogP contribution in [0.3, 0.4) is 0 Å². The van der Waals surface area contributed by atoms with Crippen molar-refractivity contribution >= 4 is 30.6 Å². The molecule has 0 spiro atoms. The molecule has 0 saturated heterocycles. The third-order valence-corrected chi connectivity index (χ3v) is 14.3. The highest BCUT2D eigenvalue weighted by atomic mass is 32.2. The van der Waals surface area contributed by atoms with Crippen LogP contribution >= 0.6 is 0 Å². The summed E-state index contributed by atoms with van der Waals surface area (Å²) in [5.74, 6) is 1.26. The van der Waals surface area contributed by atoms with Crippen LogP contribution in [0.1, 0.15) is 65.9 Å². The van der Waals surface area contributed by atoms with Crippen LogP contribution in [0.5, 0.6) is 5.75 Å². The molecular weight excluding hydrogens is 622 g/mol. The number of fused-ring (bicyclic) bond motifs is 1. The van der Waals surface area contributed by atoms with E-state index in [9.17, 15) is 8.94 Å². The van der Waals surface area contributed by atoms with Crippen LogP contribution < -0.4 is 9.46 Å². The van der Waals surface area contributed by atoms with Crippen molar-refractivity contribution in [2.24, 2.45) is 0 Å². The molecule has 0 saturated carbocycles. The van der Waals surface area contributed by atoms with Gasteiger partial charge in [0, 0.05) is 24.0 Å². The van der Waals surface area contributed by atoms with Crippen molar-refractivity contribution in [2.75, 3.05) is 20.3 Å². The quantitative estimate of drug-likeness (QED) is 0.0888. The number of alkyl halides is 1. The Morgan fingerprint density at radius 2 is 1.74 bits per heavy atom. The zero-order valence-electron chi connectivity index (χ0n) is 28.7. The number of nitrogens with zero attached hydrogens (tertiary/aromatic N) is 4. The lowest BCUT2D eigenvalue weighted by Gasteiger charge is -2.36. The molecule has 0 bridgehead atoms. The van der Waals surface area contributed by atoms with Crippen molar-refractivity contribution in [2.45, 2.75) is 90.2 Å². The summed E-state index contributed by atoms with van der Waals surface area (Å²) in [4.78, 5) is 9.74. The molecule has 46 heavy (non-hydrogen) atoms. The van der Waals surface area contributed by atoms with Crippen LogP contribution in [0.15, 0.2) is 54.7 Å². The summed E-state index contributed by atoms with van der Waals surface area (Å²) in [5, 5.41) is 5.59. The Morgan fingerprint density at radius 3 is 2.39 bits per heavy atom. The fourth-order valence-electron chi connectivity index (χ4n) is 4.38. The summed E-state index contributed by atoms with van der Waals surface area (Å²) < 4.78 is 49.8. The fourth-order valence-corrected chi connectivity index (χ4v) is 6.22. The summed E-state index contributed by atoms with van der Waals surface area (Å²) in [5.41, 5.74) is 3.41. The lowest BCUT2D eigenvalue weighted by Crippen LogP contribution is -2.43. The van der Waals surface area contributed by atoms with Gasteiger partial charge in [-0.05, 0) is 82.2 Å². The first-order valence-corrected chi connectivity index (χ1v) is 19.6.